The number of aromatic amines is 1. The van der Waals surface area contributed by atoms with E-state index in [1.165, 1.54) is 6.21 Å². The topological polar surface area (TPSA) is 106 Å². The van der Waals surface area contributed by atoms with Crippen molar-refractivity contribution in [2.75, 3.05) is 11.9 Å². The Kier molecular flexibility index (Phi) is 6.14. The Labute approximate surface area is 186 Å². The van der Waals surface area contributed by atoms with Crippen molar-refractivity contribution >= 4 is 40.3 Å². The van der Waals surface area contributed by atoms with Crippen molar-refractivity contribution in [2.24, 2.45) is 5.10 Å². The quantitative estimate of drug-likeness (QED) is 0.442. The van der Waals surface area contributed by atoms with Crippen molar-refractivity contribution in [3.63, 3.8) is 0 Å². The van der Waals surface area contributed by atoms with Gasteiger partial charge in [-0.1, -0.05) is 23.7 Å². The average Bonchev–Trinajstić information content (AvgIpc) is 2.80. The molecule has 0 aliphatic carbocycles. The minimum atomic E-state index is -0.628. The van der Waals surface area contributed by atoms with Crippen LogP contribution < -0.4 is 21.3 Å². The molecule has 8 nitrogen and oxygen atoms in total. The van der Waals surface area contributed by atoms with Gasteiger partial charge in [-0.25, -0.2) is 4.79 Å². The Morgan fingerprint density at radius 3 is 2.50 bits per heavy atom. The van der Waals surface area contributed by atoms with Crippen molar-refractivity contribution in [1.29, 1.82) is 0 Å². The molecule has 4 aromatic rings. The zero-order valence-corrected chi connectivity index (χ0v) is 17.4. The van der Waals surface area contributed by atoms with E-state index in [0.717, 1.165) is 4.68 Å². The third kappa shape index (κ3) is 4.93. The number of anilines is 1. The van der Waals surface area contributed by atoms with Crippen LogP contribution in [0.15, 0.2) is 87.5 Å². The second-order valence-electron chi connectivity index (χ2n) is 6.75. The van der Waals surface area contributed by atoms with Crippen LogP contribution >= 0.6 is 11.6 Å². The number of para-hydroxylation sites is 1. The summed E-state index contributed by atoms with van der Waals surface area (Å²) < 4.78 is 6.25. The number of ether oxygens (including phenoxy) is 1. The molecule has 4 rings (SSSR count). The lowest BCUT2D eigenvalue weighted by Crippen LogP contribution is -2.32. The van der Waals surface area contributed by atoms with Gasteiger partial charge in [-0.05, 0) is 66.2 Å². The molecule has 9 heteroatoms. The van der Waals surface area contributed by atoms with Crippen molar-refractivity contribution in [3.8, 4) is 5.75 Å². The van der Waals surface area contributed by atoms with Crippen LogP contribution in [0.1, 0.15) is 5.56 Å². The maximum atomic E-state index is 12.5. The molecule has 0 fully saturated rings. The lowest BCUT2D eigenvalue weighted by atomic mass is 10.2. The van der Waals surface area contributed by atoms with Crippen molar-refractivity contribution in [2.45, 2.75) is 0 Å². The van der Waals surface area contributed by atoms with E-state index in [9.17, 15) is 14.4 Å². The Balaban J connectivity index is 1.40. The number of rotatable bonds is 6. The van der Waals surface area contributed by atoms with Gasteiger partial charge in [0.15, 0.2) is 6.61 Å². The highest BCUT2D eigenvalue weighted by Gasteiger charge is 2.06. The molecule has 0 saturated carbocycles. The molecule has 0 saturated heterocycles. The molecule has 0 spiro atoms. The Morgan fingerprint density at radius 1 is 1.03 bits per heavy atom. The summed E-state index contributed by atoms with van der Waals surface area (Å²) in [5.74, 6) is 0.169. The molecule has 0 unspecified atom stereocenters. The number of fused-ring (bicyclic) bond motifs is 1. The normalized spacial score (nSPS) is 11.0. The maximum Gasteiger partial charge on any atom is 0.349 e. The van der Waals surface area contributed by atoms with Gasteiger partial charge in [-0.15, -0.1) is 4.68 Å². The zero-order chi connectivity index (χ0) is 22.5. The predicted molar refractivity (Wildman–Crippen MR) is 124 cm³/mol. The van der Waals surface area contributed by atoms with Crippen LogP contribution in [0.5, 0.6) is 5.75 Å². The van der Waals surface area contributed by atoms with Crippen molar-refractivity contribution in [1.82, 2.24) is 9.66 Å². The van der Waals surface area contributed by atoms with E-state index in [0.29, 0.717) is 32.9 Å². The number of carbonyl (C=O) groups excluding carboxylic acids is 1. The molecule has 1 aromatic heterocycles. The van der Waals surface area contributed by atoms with Crippen LogP contribution in [-0.2, 0) is 4.79 Å². The summed E-state index contributed by atoms with van der Waals surface area (Å²) in [5, 5.41) is 7.65. The Hall–Kier alpha value is -4.17. The molecule has 1 amide bonds. The maximum absolute atomic E-state index is 12.5. The number of halogens is 1. The highest BCUT2D eigenvalue weighted by atomic mass is 35.5. The van der Waals surface area contributed by atoms with Gasteiger partial charge in [0.2, 0.25) is 0 Å². The summed E-state index contributed by atoms with van der Waals surface area (Å²) in [5.41, 5.74) is 0.579. The number of hydrogen-bond donors (Lipinski definition) is 2. The van der Waals surface area contributed by atoms with Gasteiger partial charge < -0.3 is 15.0 Å². The molecule has 0 atom stereocenters. The summed E-state index contributed by atoms with van der Waals surface area (Å²) in [6.07, 6.45) is 1.39. The fourth-order valence-electron chi connectivity index (χ4n) is 2.91. The summed E-state index contributed by atoms with van der Waals surface area (Å²) in [6.45, 7) is -0.169. The molecule has 32 heavy (non-hydrogen) atoms. The number of H-pyrrole nitrogens is 1. The lowest BCUT2D eigenvalue weighted by molar-refractivity contribution is -0.118. The van der Waals surface area contributed by atoms with Gasteiger partial charge >= 0.3 is 5.69 Å². The minimum absolute atomic E-state index is 0.169. The SMILES string of the molecule is O=C(COc1ccc(C=Nn2c(=O)[nH]c3ccccc3c2=O)cc1)Nc1ccc(Cl)cc1. The molecule has 2 N–H and O–H groups in total. The Morgan fingerprint density at radius 2 is 1.75 bits per heavy atom. The van der Waals surface area contributed by atoms with E-state index in [2.05, 4.69) is 15.4 Å². The van der Waals surface area contributed by atoms with Crippen molar-refractivity contribution < 1.29 is 9.53 Å². The third-order valence-electron chi connectivity index (χ3n) is 4.48. The first-order valence-electron chi connectivity index (χ1n) is 9.56. The number of nitrogens with zero attached hydrogens (tertiary/aromatic N) is 2. The molecular formula is C23H17ClN4O4. The number of aromatic nitrogens is 2. The molecule has 3 aromatic carbocycles. The summed E-state index contributed by atoms with van der Waals surface area (Å²) >= 11 is 5.82. The van der Waals surface area contributed by atoms with Crippen LogP contribution in [0.4, 0.5) is 5.69 Å². The number of nitrogens with one attached hydrogen (secondary N) is 2. The molecule has 0 aliphatic rings. The fraction of sp³-hybridized carbons (Fsp3) is 0.0435. The van der Waals surface area contributed by atoms with Gasteiger partial charge in [-0.3, -0.25) is 9.59 Å². The van der Waals surface area contributed by atoms with E-state index in [1.54, 1.807) is 72.8 Å². The monoisotopic (exact) mass is 448 g/mol. The molecule has 0 radical (unpaired) electrons. The zero-order valence-electron chi connectivity index (χ0n) is 16.6. The standard InChI is InChI=1S/C23H17ClN4O4/c24-16-7-9-17(10-8-16)26-21(29)14-32-18-11-5-15(6-12-18)13-25-28-22(30)19-3-1-2-4-20(19)27-23(28)31/h1-13H,14H2,(H,26,29)(H,27,31). The summed E-state index contributed by atoms with van der Waals surface area (Å²) in [4.78, 5) is 39.3. The van der Waals surface area contributed by atoms with E-state index >= 15 is 0 Å². The lowest BCUT2D eigenvalue weighted by Gasteiger charge is -2.08. The van der Waals surface area contributed by atoms with Crippen molar-refractivity contribution in [3.05, 3.63) is 104 Å². The van der Waals surface area contributed by atoms with E-state index in [4.69, 9.17) is 16.3 Å². The van der Waals surface area contributed by atoms with E-state index in [1.807, 2.05) is 0 Å². The number of amides is 1. The van der Waals surface area contributed by atoms with Crippen LogP contribution in [0, 0.1) is 0 Å². The first kappa shape index (κ1) is 21.1. The van der Waals surface area contributed by atoms with Gasteiger partial charge in [0.1, 0.15) is 5.75 Å². The summed E-state index contributed by atoms with van der Waals surface area (Å²) in [6, 6.07) is 20.2. The van der Waals surface area contributed by atoms with Gasteiger partial charge in [0.05, 0.1) is 17.1 Å². The Bertz CT molecular complexity index is 1410. The largest absolute Gasteiger partial charge is 0.484 e. The van der Waals surface area contributed by atoms with Gasteiger partial charge in [0, 0.05) is 10.7 Å². The van der Waals surface area contributed by atoms with Gasteiger partial charge in [-0.2, -0.15) is 5.10 Å². The second kappa shape index (κ2) is 9.32. The molecular weight excluding hydrogens is 432 g/mol. The molecule has 1 heterocycles. The molecule has 0 aliphatic heterocycles. The van der Waals surface area contributed by atoms with E-state index < -0.39 is 11.2 Å². The van der Waals surface area contributed by atoms with Crippen LogP contribution in [0.2, 0.25) is 5.02 Å². The number of carbonyl (C=O) groups is 1. The molecule has 0 bridgehead atoms. The highest BCUT2D eigenvalue weighted by molar-refractivity contribution is 6.30. The first-order valence-corrected chi connectivity index (χ1v) is 9.94. The van der Waals surface area contributed by atoms with Crippen LogP contribution in [0.3, 0.4) is 0 Å². The third-order valence-corrected chi connectivity index (χ3v) is 4.74. The second-order valence-corrected chi connectivity index (χ2v) is 7.19. The van der Waals surface area contributed by atoms with Gasteiger partial charge in [0.25, 0.3) is 11.5 Å². The number of benzene rings is 3. The number of hydrogen-bond acceptors (Lipinski definition) is 5. The predicted octanol–water partition coefficient (Wildman–Crippen LogP) is 3.24. The molecule has 160 valence electrons. The van der Waals surface area contributed by atoms with E-state index in [-0.39, 0.29) is 12.5 Å². The average molecular weight is 449 g/mol. The summed E-state index contributed by atoms with van der Waals surface area (Å²) in [7, 11) is 0. The van der Waals surface area contributed by atoms with Crippen LogP contribution in [0.25, 0.3) is 10.9 Å². The fourth-order valence-corrected chi connectivity index (χ4v) is 3.04. The minimum Gasteiger partial charge on any atom is -0.484 e. The van der Waals surface area contributed by atoms with Crippen LogP contribution in [-0.4, -0.2) is 28.4 Å². The smallest absolute Gasteiger partial charge is 0.349 e. The first-order chi connectivity index (χ1) is 15.5. The highest BCUT2D eigenvalue weighted by Crippen LogP contribution is 2.14.